The molecule has 0 atom stereocenters. The van der Waals surface area contributed by atoms with Gasteiger partial charge in [0.1, 0.15) is 13.2 Å². The predicted molar refractivity (Wildman–Crippen MR) is 153 cm³/mol. The summed E-state index contributed by atoms with van der Waals surface area (Å²) in [6.07, 6.45) is 1.34. The Morgan fingerprint density at radius 1 is 0.900 bits per heavy atom. The van der Waals surface area contributed by atoms with Crippen molar-refractivity contribution >= 4 is 41.0 Å². The van der Waals surface area contributed by atoms with E-state index in [2.05, 4.69) is 10.5 Å². The van der Waals surface area contributed by atoms with Crippen LogP contribution >= 0.6 is 23.2 Å². The van der Waals surface area contributed by atoms with E-state index in [0.717, 1.165) is 17.2 Å². The summed E-state index contributed by atoms with van der Waals surface area (Å²) in [4.78, 5) is 22.6. The summed E-state index contributed by atoms with van der Waals surface area (Å²) in [5.74, 6) is 0.842. The fraction of sp³-hybridized carbons (Fsp3) is 0.103. The Bertz CT molecular complexity index is 1520. The molecule has 4 aromatic rings. The Balaban J connectivity index is 1.36. The van der Waals surface area contributed by atoms with Crippen molar-refractivity contribution in [2.75, 3.05) is 7.11 Å². The normalized spacial score (nSPS) is 10.8. The summed E-state index contributed by atoms with van der Waals surface area (Å²) >= 11 is 12.8. The summed E-state index contributed by atoms with van der Waals surface area (Å²) in [6.45, 7) is 0.577. The first-order chi connectivity index (χ1) is 19.3. The Hall–Kier alpha value is -4.60. The maximum atomic E-state index is 12.2. The van der Waals surface area contributed by atoms with Gasteiger partial charge in [0.2, 0.25) is 0 Å². The molecule has 0 saturated carbocycles. The minimum absolute atomic E-state index is 0.0959. The van der Waals surface area contributed by atoms with E-state index in [9.17, 15) is 14.9 Å². The molecule has 0 bridgehead atoms. The van der Waals surface area contributed by atoms with Crippen molar-refractivity contribution in [1.29, 1.82) is 0 Å². The first-order valence-corrected chi connectivity index (χ1v) is 12.6. The molecule has 0 heterocycles. The number of amides is 1. The van der Waals surface area contributed by atoms with E-state index in [-0.39, 0.29) is 33.7 Å². The van der Waals surface area contributed by atoms with Gasteiger partial charge in [-0.3, -0.25) is 14.9 Å². The van der Waals surface area contributed by atoms with Crippen molar-refractivity contribution in [3.05, 3.63) is 127 Å². The molecule has 204 valence electrons. The monoisotopic (exact) mass is 579 g/mol. The zero-order chi connectivity index (χ0) is 28.5. The van der Waals surface area contributed by atoms with Gasteiger partial charge in [0.15, 0.2) is 17.2 Å². The zero-order valence-electron chi connectivity index (χ0n) is 21.2. The molecule has 11 heteroatoms. The number of nitro benzene ring substituents is 1. The van der Waals surface area contributed by atoms with Crippen LogP contribution in [0.1, 0.15) is 27.0 Å². The highest BCUT2D eigenvalue weighted by atomic mass is 35.5. The Morgan fingerprint density at radius 2 is 1.62 bits per heavy atom. The van der Waals surface area contributed by atoms with Crippen molar-refractivity contribution in [3.8, 4) is 17.2 Å². The first-order valence-electron chi connectivity index (χ1n) is 11.9. The Kier molecular flexibility index (Phi) is 9.56. The van der Waals surface area contributed by atoms with E-state index in [1.807, 2.05) is 48.5 Å². The van der Waals surface area contributed by atoms with Crippen LogP contribution in [0.15, 0.2) is 90.0 Å². The number of hydrogen-bond acceptors (Lipinski definition) is 7. The number of methoxy groups -OCH3 is 1. The number of rotatable bonds is 11. The molecule has 0 fully saturated rings. The largest absolute Gasteiger partial charge is 0.493 e. The number of hydrogen-bond donors (Lipinski definition) is 1. The molecule has 9 nitrogen and oxygen atoms in total. The lowest BCUT2D eigenvalue weighted by Crippen LogP contribution is -2.17. The molecule has 4 rings (SSSR count). The van der Waals surface area contributed by atoms with Crippen LogP contribution in [0.5, 0.6) is 17.2 Å². The lowest BCUT2D eigenvalue weighted by Gasteiger charge is -2.14. The van der Waals surface area contributed by atoms with Gasteiger partial charge in [-0.2, -0.15) is 5.10 Å². The van der Waals surface area contributed by atoms with E-state index in [0.29, 0.717) is 23.7 Å². The molecular weight excluding hydrogens is 557 g/mol. The van der Waals surface area contributed by atoms with Crippen molar-refractivity contribution in [1.82, 2.24) is 5.43 Å². The number of carbonyl (C=O) groups excluding carboxylic acids is 1. The molecule has 0 aromatic heterocycles. The molecular formula is C29H23Cl2N3O6. The van der Waals surface area contributed by atoms with E-state index in [1.165, 1.54) is 24.4 Å². The highest BCUT2D eigenvalue weighted by Crippen LogP contribution is 2.35. The Morgan fingerprint density at radius 3 is 2.33 bits per heavy atom. The third-order valence-electron chi connectivity index (χ3n) is 5.57. The van der Waals surface area contributed by atoms with Crippen LogP contribution in [0.3, 0.4) is 0 Å². The molecule has 0 unspecified atom stereocenters. The van der Waals surface area contributed by atoms with Crippen LogP contribution in [0, 0.1) is 10.1 Å². The molecule has 40 heavy (non-hydrogen) atoms. The van der Waals surface area contributed by atoms with E-state index in [4.69, 9.17) is 37.4 Å². The second-order valence-electron chi connectivity index (χ2n) is 8.37. The minimum Gasteiger partial charge on any atom is -0.493 e. The van der Waals surface area contributed by atoms with Gasteiger partial charge in [0, 0.05) is 17.7 Å². The summed E-state index contributed by atoms with van der Waals surface area (Å²) in [5, 5.41) is 15.3. The van der Waals surface area contributed by atoms with Crippen LogP contribution in [-0.4, -0.2) is 24.2 Å². The summed E-state index contributed by atoms with van der Waals surface area (Å²) < 4.78 is 17.3. The number of carbonyl (C=O) groups is 1. The van der Waals surface area contributed by atoms with Crippen LogP contribution in [0.4, 0.5) is 5.69 Å². The number of non-ortho nitro benzene ring substituents is 1. The number of nitrogens with one attached hydrogen (secondary N) is 1. The molecule has 0 spiro atoms. The van der Waals surface area contributed by atoms with Gasteiger partial charge in [-0.05, 0) is 47.0 Å². The summed E-state index contributed by atoms with van der Waals surface area (Å²) in [6, 6.07) is 23.8. The van der Waals surface area contributed by atoms with Gasteiger partial charge in [0.05, 0.1) is 28.3 Å². The number of hydrazone groups is 1. The van der Waals surface area contributed by atoms with Gasteiger partial charge in [-0.1, -0.05) is 65.7 Å². The smallest absolute Gasteiger partial charge is 0.271 e. The lowest BCUT2D eigenvalue weighted by atomic mass is 10.2. The maximum absolute atomic E-state index is 12.2. The molecule has 0 radical (unpaired) electrons. The standard InChI is InChI=1S/C29H23Cl2N3O6/c1-38-27-14-20(10-11-26(27)39-17-19-6-3-2-4-7-19)18-40-28-24(30)12-21(13-25(28)31)16-32-33-29(35)22-8-5-9-23(15-22)34(36)37/h2-16H,17-18H2,1H3,(H,33,35)/b32-16+. The second kappa shape index (κ2) is 13.5. The average molecular weight is 580 g/mol. The SMILES string of the molecule is COc1cc(COc2c(Cl)cc(/C=N/NC(=O)c3cccc([N+](=O)[O-])c3)cc2Cl)ccc1OCc1ccccc1. The van der Waals surface area contributed by atoms with Gasteiger partial charge in [0.25, 0.3) is 11.6 Å². The molecule has 4 aromatic carbocycles. The van der Waals surface area contributed by atoms with Gasteiger partial charge < -0.3 is 14.2 Å². The molecule has 0 aliphatic heterocycles. The average Bonchev–Trinajstić information content (AvgIpc) is 2.96. The van der Waals surface area contributed by atoms with Crippen LogP contribution in [0.25, 0.3) is 0 Å². The number of ether oxygens (including phenoxy) is 3. The minimum atomic E-state index is -0.607. The topological polar surface area (TPSA) is 112 Å². The van der Waals surface area contributed by atoms with Crippen LogP contribution in [-0.2, 0) is 13.2 Å². The predicted octanol–water partition coefficient (Wildman–Crippen LogP) is 6.83. The van der Waals surface area contributed by atoms with Crippen molar-refractivity contribution < 1.29 is 23.9 Å². The molecule has 0 aliphatic carbocycles. The van der Waals surface area contributed by atoms with Gasteiger partial charge >= 0.3 is 0 Å². The lowest BCUT2D eigenvalue weighted by molar-refractivity contribution is -0.384. The van der Waals surface area contributed by atoms with E-state index in [1.54, 1.807) is 19.2 Å². The number of nitrogens with zero attached hydrogens (tertiary/aromatic N) is 2. The second-order valence-corrected chi connectivity index (χ2v) is 9.18. The third-order valence-corrected chi connectivity index (χ3v) is 6.13. The van der Waals surface area contributed by atoms with Crippen molar-refractivity contribution in [3.63, 3.8) is 0 Å². The number of nitro groups is 1. The number of benzene rings is 4. The Labute approximate surface area is 240 Å². The summed E-state index contributed by atoms with van der Waals surface area (Å²) in [7, 11) is 1.56. The zero-order valence-corrected chi connectivity index (χ0v) is 22.7. The van der Waals surface area contributed by atoms with Crippen molar-refractivity contribution in [2.45, 2.75) is 13.2 Å². The third kappa shape index (κ3) is 7.49. The maximum Gasteiger partial charge on any atom is 0.271 e. The molecule has 0 aliphatic rings. The van der Waals surface area contributed by atoms with Gasteiger partial charge in [-0.25, -0.2) is 5.43 Å². The highest BCUT2D eigenvalue weighted by Gasteiger charge is 2.13. The first kappa shape index (κ1) is 28.4. The highest BCUT2D eigenvalue weighted by molar-refractivity contribution is 6.37. The van der Waals surface area contributed by atoms with E-state index >= 15 is 0 Å². The van der Waals surface area contributed by atoms with Crippen LogP contribution in [0.2, 0.25) is 10.0 Å². The fourth-order valence-electron chi connectivity index (χ4n) is 3.59. The quantitative estimate of drug-likeness (QED) is 0.118. The molecule has 0 saturated heterocycles. The van der Waals surface area contributed by atoms with Crippen LogP contribution < -0.4 is 19.6 Å². The number of halogens is 2. The summed E-state index contributed by atoms with van der Waals surface area (Å²) in [5.41, 5.74) is 4.57. The van der Waals surface area contributed by atoms with Crippen molar-refractivity contribution in [2.24, 2.45) is 5.10 Å². The fourth-order valence-corrected chi connectivity index (χ4v) is 4.21. The molecule has 1 amide bonds. The van der Waals surface area contributed by atoms with Gasteiger partial charge in [-0.15, -0.1) is 0 Å². The molecule has 1 N–H and O–H groups in total. The van der Waals surface area contributed by atoms with E-state index < -0.39 is 10.8 Å².